The number of ether oxygens (including phenoxy) is 2. The van der Waals surface area contributed by atoms with Crippen molar-refractivity contribution in [2.75, 3.05) is 11.9 Å². The highest BCUT2D eigenvalue weighted by Crippen LogP contribution is 2.30. The lowest BCUT2D eigenvalue weighted by atomic mass is 10.3. The first kappa shape index (κ1) is 18.3. The molecule has 26 heavy (non-hydrogen) atoms. The van der Waals surface area contributed by atoms with Crippen LogP contribution >= 0.6 is 27.5 Å². The summed E-state index contributed by atoms with van der Waals surface area (Å²) in [6.45, 7) is -0.166. The van der Waals surface area contributed by atoms with Gasteiger partial charge in [0.25, 0.3) is 5.91 Å². The molecule has 1 amide bonds. The fraction of sp³-hybridized carbons (Fsp3) is 0.0500. The standard InChI is InChI=1S/C20H15BrClNO3/c21-14-10-11-18(16(22)12-14)25-13-20(24)23-17-8-4-5-9-19(17)26-15-6-2-1-3-7-15/h1-12H,13H2,(H,23,24). The van der Waals surface area contributed by atoms with E-state index in [1.807, 2.05) is 42.5 Å². The molecule has 0 unspecified atom stereocenters. The van der Waals surface area contributed by atoms with Crippen molar-refractivity contribution in [2.24, 2.45) is 0 Å². The number of benzene rings is 3. The summed E-state index contributed by atoms with van der Waals surface area (Å²) in [5.74, 6) is 1.37. The molecule has 0 fully saturated rings. The number of para-hydroxylation sites is 3. The highest BCUT2D eigenvalue weighted by molar-refractivity contribution is 9.10. The predicted molar refractivity (Wildman–Crippen MR) is 106 cm³/mol. The maximum atomic E-state index is 12.2. The summed E-state index contributed by atoms with van der Waals surface area (Å²) < 4.78 is 12.1. The lowest BCUT2D eigenvalue weighted by Crippen LogP contribution is -2.20. The molecule has 3 aromatic rings. The van der Waals surface area contributed by atoms with Gasteiger partial charge in [-0.25, -0.2) is 0 Å². The van der Waals surface area contributed by atoms with Crippen molar-refractivity contribution >= 4 is 39.1 Å². The Bertz CT molecular complexity index is 903. The Kier molecular flexibility index (Phi) is 6.15. The molecule has 3 aromatic carbocycles. The highest BCUT2D eigenvalue weighted by Gasteiger charge is 2.10. The number of halogens is 2. The van der Waals surface area contributed by atoms with Crippen LogP contribution in [0.4, 0.5) is 5.69 Å². The summed E-state index contributed by atoms with van der Waals surface area (Å²) in [6.07, 6.45) is 0. The van der Waals surface area contributed by atoms with Crippen LogP contribution in [0.2, 0.25) is 5.02 Å². The molecular formula is C20H15BrClNO3. The van der Waals surface area contributed by atoms with Crippen molar-refractivity contribution in [1.29, 1.82) is 0 Å². The summed E-state index contributed by atoms with van der Waals surface area (Å²) in [5.41, 5.74) is 0.562. The normalized spacial score (nSPS) is 10.2. The average molecular weight is 433 g/mol. The van der Waals surface area contributed by atoms with Crippen molar-refractivity contribution in [3.05, 3.63) is 82.3 Å². The summed E-state index contributed by atoms with van der Waals surface area (Å²) in [6, 6.07) is 21.8. The number of carbonyl (C=O) groups excluding carboxylic acids is 1. The predicted octanol–water partition coefficient (Wildman–Crippen LogP) is 5.91. The van der Waals surface area contributed by atoms with Gasteiger partial charge in [0.2, 0.25) is 0 Å². The lowest BCUT2D eigenvalue weighted by molar-refractivity contribution is -0.118. The molecule has 132 valence electrons. The Balaban J connectivity index is 1.64. The molecule has 0 bridgehead atoms. The molecule has 0 heterocycles. The van der Waals surface area contributed by atoms with E-state index in [1.165, 1.54) is 0 Å². The topological polar surface area (TPSA) is 47.6 Å². The Morgan fingerprint density at radius 1 is 0.962 bits per heavy atom. The Hall–Kier alpha value is -2.50. The van der Waals surface area contributed by atoms with Gasteiger partial charge in [0, 0.05) is 4.47 Å². The van der Waals surface area contributed by atoms with Crippen molar-refractivity contribution in [2.45, 2.75) is 0 Å². The van der Waals surface area contributed by atoms with Crippen LogP contribution in [0.15, 0.2) is 77.3 Å². The van der Waals surface area contributed by atoms with Gasteiger partial charge in [-0.1, -0.05) is 57.9 Å². The van der Waals surface area contributed by atoms with Crippen LogP contribution in [-0.4, -0.2) is 12.5 Å². The van der Waals surface area contributed by atoms with Crippen LogP contribution in [0.25, 0.3) is 0 Å². The van der Waals surface area contributed by atoms with E-state index >= 15 is 0 Å². The van der Waals surface area contributed by atoms with E-state index < -0.39 is 0 Å². The van der Waals surface area contributed by atoms with Crippen LogP contribution < -0.4 is 14.8 Å². The van der Waals surface area contributed by atoms with Gasteiger partial charge in [0.1, 0.15) is 11.5 Å². The summed E-state index contributed by atoms with van der Waals surface area (Å²) >= 11 is 9.40. The van der Waals surface area contributed by atoms with Gasteiger partial charge in [-0.05, 0) is 42.5 Å². The highest BCUT2D eigenvalue weighted by atomic mass is 79.9. The molecule has 0 spiro atoms. The largest absolute Gasteiger partial charge is 0.482 e. The molecule has 4 nitrogen and oxygen atoms in total. The molecular weight excluding hydrogens is 418 g/mol. The number of anilines is 1. The van der Waals surface area contributed by atoms with Gasteiger partial charge in [0.05, 0.1) is 10.7 Å². The minimum Gasteiger partial charge on any atom is -0.482 e. The molecule has 0 aliphatic heterocycles. The van der Waals surface area contributed by atoms with Gasteiger partial charge in [-0.15, -0.1) is 0 Å². The average Bonchev–Trinajstić information content (AvgIpc) is 2.63. The summed E-state index contributed by atoms with van der Waals surface area (Å²) in [7, 11) is 0. The van der Waals surface area contributed by atoms with Gasteiger partial charge >= 0.3 is 0 Å². The van der Waals surface area contributed by atoms with Gasteiger partial charge in [0.15, 0.2) is 12.4 Å². The SMILES string of the molecule is O=C(COc1ccc(Br)cc1Cl)Nc1ccccc1Oc1ccccc1. The number of nitrogens with one attached hydrogen (secondary N) is 1. The third-order valence-corrected chi connectivity index (χ3v) is 4.17. The van der Waals surface area contributed by atoms with Crippen LogP contribution in [0.5, 0.6) is 17.2 Å². The quantitative estimate of drug-likeness (QED) is 0.526. The first-order valence-electron chi connectivity index (χ1n) is 7.81. The number of hydrogen-bond acceptors (Lipinski definition) is 3. The summed E-state index contributed by atoms with van der Waals surface area (Å²) in [4.78, 5) is 12.2. The molecule has 0 atom stereocenters. The van der Waals surface area contributed by atoms with E-state index in [-0.39, 0.29) is 12.5 Å². The monoisotopic (exact) mass is 431 g/mol. The van der Waals surface area contributed by atoms with Crippen LogP contribution in [0.1, 0.15) is 0 Å². The molecule has 0 radical (unpaired) electrons. The number of amides is 1. The van der Waals surface area contributed by atoms with E-state index in [0.717, 1.165) is 4.47 Å². The second-order valence-corrected chi connectivity index (χ2v) is 6.65. The van der Waals surface area contributed by atoms with Gasteiger partial charge in [-0.3, -0.25) is 4.79 Å². The lowest BCUT2D eigenvalue weighted by Gasteiger charge is -2.13. The van der Waals surface area contributed by atoms with Crippen molar-refractivity contribution < 1.29 is 14.3 Å². The van der Waals surface area contributed by atoms with E-state index in [0.29, 0.717) is 28.0 Å². The Morgan fingerprint density at radius 2 is 1.69 bits per heavy atom. The molecule has 0 aliphatic carbocycles. The maximum Gasteiger partial charge on any atom is 0.262 e. The zero-order chi connectivity index (χ0) is 18.4. The molecule has 1 N–H and O–H groups in total. The van der Waals surface area contributed by atoms with E-state index in [2.05, 4.69) is 21.2 Å². The molecule has 3 rings (SSSR count). The van der Waals surface area contributed by atoms with Crippen LogP contribution in [0, 0.1) is 0 Å². The van der Waals surface area contributed by atoms with Crippen LogP contribution in [0.3, 0.4) is 0 Å². The van der Waals surface area contributed by atoms with Gasteiger partial charge in [-0.2, -0.15) is 0 Å². The Morgan fingerprint density at radius 3 is 2.46 bits per heavy atom. The molecule has 0 saturated heterocycles. The van der Waals surface area contributed by atoms with Crippen molar-refractivity contribution in [3.63, 3.8) is 0 Å². The molecule has 0 aliphatic rings. The Labute approximate surface area is 164 Å². The third-order valence-electron chi connectivity index (χ3n) is 3.38. The first-order valence-corrected chi connectivity index (χ1v) is 8.98. The van der Waals surface area contributed by atoms with E-state index in [1.54, 1.807) is 30.3 Å². The minimum atomic E-state index is -0.312. The number of carbonyl (C=O) groups is 1. The fourth-order valence-corrected chi connectivity index (χ4v) is 2.92. The number of rotatable bonds is 6. The fourth-order valence-electron chi connectivity index (χ4n) is 2.20. The van der Waals surface area contributed by atoms with Crippen molar-refractivity contribution in [1.82, 2.24) is 0 Å². The molecule has 6 heteroatoms. The van der Waals surface area contributed by atoms with Crippen LogP contribution in [-0.2, 0) is 4.79 Å². The zero-order valence-electron chi connectivity index (χ0n) is 13.6. The molecule has 0 saturated carbocycles. The maximum absolute atomic E-state index is 12.2. The smallest absolute Gasteiger partial charge is 0.262 e. The summed E-state index contributed by atoms with van der Waals surface area (Å²) in [5, 5.41) is 3.22. The van der Waals surface area contributed by atoms with E-state index in [9.17, 15) is 4.79 Å². The second kappa shape index (κ2) is 8.74. The van der Waals surface area contributed by atoms with E-state index in [4.69, 9.17) is 21.1 Å². The van der Waals surface area contributed by atoms with Crippen molar-refractivity contribution in [3.8, 4) is 17.2 Å². The minimum absolute atomic E-state index is 0.166. The first-order chi connectivity index (χ1) is 12.6. The zero-order valence-corrected chi connectivity index (χ0v) is 16.0. The molecule has 0 aromatic heterocycles. The second-order valence-electron chi connectivity index (χ2n) is 5.32. The third kappa shape index (κ3) is 5.00. The number of hydrogen-bond donors (Lipinski definition) is 1. The van der Waals surface area contributed by atoms with Gasteiger partial charge < -0.3 is 14.8 Å².